The summed E-state index contributed by atoms with van der Waals surface area (Å²) in [5.74, 6) is 26.4. The molecule has 29 heteroatoms. The quantitative estimate of drug-likeness (QED) is 0.0260. The predicted octanol–water partition coefficient (Wildman–Crippen LogP) is 16.4. The molecule has 13 nitrogen and oxygen atoms in total. The molecular formula is C60H127BrO13S12Si3. The van der Waals surface area contributed by atoms with Gasteiger partial charge in [0.05, 0.1) is 89.5 Å². The second-order valence-electron chi connectivity index (χ2n) is 21.0. The molecule has 0 radical (unpaired) electrons. The van der Waals surface area contributed by atoms with Crippen LogP contribution in [0.4, 0.5) is 0 Å². The molecule has 4 heterocycles. The first-order chi connectivity index (χ1) is 42.6. The van der Waals surface area contributed by atoms with E-state index in [1.54, 1.807) is 21.3 Å². The Morgan fingerprint density at radius 2 is 0.573 bits per heavy atom. The lowest BCUT2D eigenvalue weighted by atomic mass is 10.1. The third-order valence-electron chi connectivity index (χ3n) is 13.6. The molecule has 0 aliphatic carbocycles. The van der Waals surface area contributed by atoms with Gasteiger partial charge >= 0.3 is 26.4 Å². The molecule has 0 N–H and O–H groups in total. The zero-order chi connectivity index (χ0) is 63.0. The molecule has 4 rings (SSSR count). The van der Waals surface area contributed by atoms with Gasteiger partial charge in [-0.15, -0.1) is 0 Å². The fourth-order valence-corrected chi connectivity index (χ4v) is 29.2. The van der Waals surface area contributed by atoms with E-state index in [0.717, 1.165) is 117 Å². The monoisotopic (exact) mass is 1600 g/mol. The minimum Gasteiger partial charge on any atom is -0.378 e. The van der Waals surface area contributed by atoms with Crippen molar-refractivity contribution in [1.29, 1.82) is 0 Å². The molecule has 0 aromatic carbocycles. The summed E-state index contributed by atoms with van der Waals surface area (Å²) in [6.45, 7) is 14.7. The molecule has 0 spiro atoms. The second-order valence-corrected chi connectivity index (χ2v) is 43.1. The topological polar surface area (TPSA) is 120 Å². The van der Waals surface area contributed by atoms with E-state index in [4.69, 9.17) is 58.8 Å². The average Bonchev–Trinajstić information content (AvgIpc) is 1.80. The van der Waals surface area contributed by atoms with Gasteiger partial charge in [-0.3, -0.25) is 0 Å². The van der Waals surface area contributed by atoms with Crippen LogP contribution in [0, 0.1) is 0 Å². The van der Waals surface area contributed by atoms with Gasteiger partial charge in [0.15, 0.2) is 0 Å². The van der Waals surface area contributed by atoms with Gasteiger partial charge in [0.25, 0.3) is 0 Å². The molecular weight excluding hydrogens is 1480 g/mol. The van der Waals surface area contributed by atoms with Crippen LogP contribution in [0.2, 0.25) is 18.1 Å². The van der Waals surface area contributed by atoms with Crippen LogP contribution in [0.3, 0.4) is 0 Å². The van der Waals surface area contributed by atoms with E-state index < -0.39 is 26.4 Å². The van der Waals surface area contributed by atoms with Crippen LogP contribution < -0.4 is 0 Å². The Bertz CT molecular complexity index is 1390. The molecule has 536 valence electrons. The van der Waals surface area contributed by atoms with Gasteiger partial charge in [-0.25, -0.2) is 0 Å². The number of ether oxygens (including phenoxy) is 4. The van der Waals surface area contributed by atoms with E-state index in [0.29, 0.717) is 13.2 Å². The number of hydrogen-bond donors (Lipinski definition) is 2. The Morgan fingerprint density at radius 1 is 0.337 bits per heavy atom. The molecule has 89 heavy (non-hydrogen) atoms. The van der Waals surface area contributed by atoms with Crippen molar-refractivity contribution in [2.45, 2.75) is 168 Å². The number of rotatable bonds is 62. The van der Waals surface area contributed by atoms with Gasteiger partial charge in [0, 0.05) is 67.8 Å². The van der Waals surface area contributed by atoms with Gasteiger partial charge in [0.1, 0.15) is 0 Å². The van der Waals surface area contributed by atoms with E-state index in [1.807, 2.05) is 47.0 Å². The SMILES string of the molecule is C.C.CC1O[Si]2(CCCSCCCSCCCSCCOCCOCCSCCCSCCCSCCC[Si]34OC(C)C(O3)C(C)O4)OC(C)C1O2.CO[Si](CCCBr)(OC)OC.SCCCSCCCSCCOCCOCCSCCCSCCCS. The minimum atomic E-state index is -2.33. The molecule has 0 aromatic rings. The molecule has 4 atom stereocenters. The lowest BCUT2D eigenvalue weighted by molar-refractivity contribution is 0.0403. The van der Waals surface area contributed by atoms with E-state index in [-0.39, 0.29) is 51.5 Å². The fourth-order valence-electron chi connectivity index (χ4n) is 9.15. The van der Waals surface area contributed by atoms with Crippen LogP contribution >= 0.6 is 159 Å². The van der Waals surface area contributed by atoms with E-state index in [1.165, 1.54) is 143 Å². The molecule has 4 fully saturated rings. The standard InChI is InChI=1S/C34H66O8S6Si2.C18H38O2S6.C6H15BrO3Si.2CH4/c1-29-33-30(2)38-49(37-29,41-33)27-9-23-45-19-5-15-43-17-7-21-47-25-13-35-11-12-36-14-26-48-22-8-18-44-16-6-20-46-24-10-28-50-39-31(3)34(42-50)32(4)40-50;21-9-1-11-23-13-3-15-25-17-7-19-5-6-20-8-18-26-16-4-14-24-12-2-10-22;1-8-11(9-2,10-3)6-4-5-7;;/h29-34H,5-28H2,1-4H3;21-22H,1-18H2;4-6H2,1-3H3;2*1H4. The highest BCUT2D eigenvalue weighted by Gasteiger charge is 2.61. The van der Waals surface area contributed by atoms with Crippen LogP contribution in [0.5, 0.6) is 0 Å². The van der Waals surface area contributed by atoms with Crippen LogP contribution in [0.25, 0.3) is 0 Å². The van der Waals surface area contributed by atoms with Crippen molar-refractivity contribution < 1.29 is 58.8 Å². The number of hydrogen-bond acceptors (Lipinski definition) is 25. The molecule has 0 aromatic heterocycles. The predicted molar refractivity (Wildman–Crippen MR) is 427 cm³/mol. The summed E-state index contributed by atoms with van der Waals surface area (Å²) in [6, 6.07) is 2.81. The van der Waals surface area contributed by atoms with Gasteiger partial charge in [-0.1, -0.05) is 30.8 Å². The first-order valence-corrected chi connectivity index (χ1v) is 51.9. The summed E-state index contributed by atoms with van der Waals surface area (Å²) < 4.78 is 74.8. The highest BCUT2D eigenvalue weighted by molar-refractivity contribution is 9.09. The van der Waals surface area contributed by atoms with Crippen molar-refractivity contribution in [2.75, 3.05) is 206 Å². The summed E-state index contributed by atoms with van der Waals surface area (Å²) in [6.07, 6.45) is 14.7. The number of halogens is 1. The lowest BCUT2D eigenvalue weighted by Crippen LogP contribution is -2.43. The third-order valence-corrected chi connectivity index (χ3v) is 34.8. The number of thioether (sulfide) groups is 10. The molecule has 4 aliphatic rings. The lowest BCUT2D eigenvalue weighted by Gasteiger charge is -2.26. The summed E-state index contributed by atoms with van der Waals surface area (Å²) >= 11 is 32.3. The normalized spacial score (nSPS) is 22.4. The van der Waals surface area contributed by atoms with Crippen molar-refractivity contribution in [1.82, 2.24) is 0 Å². The Morgan fingerprint density at radius 3 is 0.798 bits per heavy atom. The molecule has 0 saturated carbocycles. The van der Waals surface area contributed by atoms with Crippen LogP contribution in [0.15, 0.2) is 0 Å². The molecule has 0 amide bonds. The summed E-state index contributed by atoms with van der Waals surface area (Å²) in [7, 11) is -2.02. The maximum Gasteiger partial charge on any atom is 0.502 e. The summed E-state index contributed by atoms with van der Waals surface area (Å²) in [4.78, 5) is 0. The first kappa shape index (κ1) is 93.8. The van der Waals surface area contributed by atoms with Crippen molar-refractivity contribution in [2.24, 2.45) is 0 Å². The van der Waals surface area contributed by atoms with E-state index in [9.17, 15) is 0 Å². The van der Waals surface area contributed by atoms with E-state index >= 15 is 0 Å². The fraction of sp³-hybridized carbons (Fsp3) is 1.00. The molecule has 4 aliphatic heterocycles. The highest BCUT2D eigenvalue weighted by Crippen LogP contribution is 2.42. The summed E-state index contributed by atoms with van der Waals surface area (Å²) in [5.41, 5.74) is 0. The molecule has 4 unspecified atom stereocenters. The molecule has 4 saturated heterocycles. The largest absolute Gasteiger partial charge is 0.502 e. The summed E-state index contributed by atoms with van der Waals surface area (Å²) in [5, 5.41) is 0.956. The Hall–Kier alpha value is 4.81. The Balaban J connectivity index is 0.00000166. The van der Waals surface area contributed by atoms with Crippen molar-refractivity contribution in [3.63, 3.8) is 0 Å². The Kier molecular flexibility index (Phi) is 69.6. The highest BCUT2D eigenvalue weighted by atomic mass is 79.9. The van der Waals surface area contributed by atoms with Gasteiger partial charge in [-0.2, -0.15) is 143 Å². The number of thiol groups is 2. The van der Waals surface area contributed by atoms with Gasteiger partial charge in [-0.05, 0) is 202 Å². The van der Waals surface area contributed by atoms with Crippen LogP contribution in [0.1, 0.15) is 113 Å². The van der Waals surface area contributed by atoms with Gasteiger partial charge < -0.3 is 58.8 Å². The number of fused-ring (bicyclic) bond motifs is 4. The zero-order valence-corrected chi connectivity index (χ0v) is 69.0. The Labute approximate surface area is 611 Å². The molecule has 4 bridgehead atoms. The maximum absolute atomic E-state index is 6.13. The average molecular weight is 1610 g/mol. The van der Waals surface area contributed by atoms with Gasteiger partial charge in [0.2, 0.25) is 0 Å². The van der Waals surface area contributed by atoms with E-state index in [2.05, 4.69) is 139 Å². The minimum absolute atomic E-state index is 0. The number of alkyl halides is 1. The zero-order valence-electron chi connectivity index (χ0n) is 54.4. The van der Waals surface area contributed by atoms with Crippen LogP contribution in [-0.4, -0.2) is 269 Å². The van der Waals surface area contributed by atoms with Crippen molar-refractivity contribution in [3.05, 3.63) is 0 Å². The van der Waals surface area contributed by atoms with Crippen molar-refractivity contribution in [3.8, 4) is 0 Å². The van der Waals surface area contributed by atoms with Crippen LogP contribution in [-0.2, 0) is 58.8 Å². The van der Waals surface area contributed by atoms with Crippen molar-refractivity contribution >= 4 is 185 Å². The first-order valence-electron chi connectivity index (χ1n) is 32.2. The second kappa shape index (κ2) is 66.1. The third kappa shape index (κ3) is 49.1. The smallest absolute Gasteiger partial charge is 0.378 e. The maximum atomic E-state index is 6.13.